The number of aromatic nitrogens is 3. The van der Waals surface area contributed by atoms with Crippen LogP contribution in [0.25, 0.3) is 5.52 Å². The second-order valence-corrected chi connectivity index (χ2v) is 4.10. The van der Waals surface area contributed by atoms with Gasteiger partial charge < -0.3 is 5.32 Å². The number of anilines is 1. The molecule has 0 aliphatic carbocycles. The lowest BCUT2D eigenvalue weighted by Gasteiger charge is -2.05. The van der Waals surface area contributed by atoms with Crippen LogP contribution in [0.3, 0.4) is 0 Å². The fourth-order valence-electron chi connectivity index (χ4n) is 1.53. The molecule has 0 aromatic carbocycles. The second kappa shape index (κ2) is 4.65. The molecule has 0 spiro atoms. The molecule has 6 heteroatoms. The van der Waals surface area contributed by atoms with E-state index < -0.39 is 13.0 Å². The molecule has 0 saturated heterocycles. The lowest BCUT2D eigenvalue weighted by atomic mass is 10.1. The molecule has 0 amide bonds. The largest absolute Gasteiger partial charge is 0.363 e. The third-order valence-corrected chi connectivity index (χ3v) is 2.42. The number of hydrogen-bond acceptors (Lipinski definition) is 3. The summed E-state index contributed by atoms with van der Waals surface area (Å²) in [6.07, 6.45) is 0.844. The zero-order chi connectivity index (χ0) is 12.4. The van der Waals surface area contributed by atoms with Crippen molar-refractivity contribution in [3.8, 4) is 0 Å². The van der Waals surface area contributed by atoms with E-state index in [0.717, 1.165) is 11.2 Å². The molecule has 0 bridgehead atoms. The van der Waals surface area contributed by atoms with Crippen LogP contribution < -0.4 is 5.32 Å². The van der Waals surface area contributed by atoms with E-state index in [-0.39, 0.29) is 5.92 Å². The van der Waals surface area contributed by atoms with Crippen molar-refractivity contribution in [1.82, 2.24) is 14.6 Å². The van der Waals surface area contributed by atoms with Crippen LogP contribution in [0.5, 0.6) is 0 Å². The summed E-state index contributed by atoms with van der Waals surface area (Å²) in [5.74, 6) is 0.727. The maximum atomic E-state index is 12.1. The molecule has 0 fully saturated rings. The number of hydrogen-bond donors (Lipinski definition) is 1. The molecule has 2 aromatic heterocycles. The lowest BCUT2D eigenvalue weighted by molar-refractivity contribution is 0.163. The highest BCUT2D eigenvalue weighted by Crippen LogP contribution is 2.19. The molecular weight excluding hydrogens is 226 g/mol. The fraction of sp³-hybridized carbons (Fsp3) is 0.455. The predicted molar refractivity (Wildman–Crippen MR) is 61.6 cm³/mol. The number of halogens is 2. The van der Waals surface area contributed by atoms with Gasteiger partial charge in [0.25, 0.3) is 6.43 Å². The van der Waals surface area contributed by atoms with Crippen LogP contribution in [0, 0.1) is 0 Å². The van der Waals surface area contributed by atoms with Crippen molar-refractivity contribution in [3.05, 3.63) is 24.2 Å². The number of nitrogens with zero attached hydrogens (tertiary/aromatic N) is 3. The van der Waals surface area contributed by atoms with Gasteiger partial charge in [0.2, 0.25) is 0 Å². The molecule has 1 N–H and O–H groups in total. The Morgan fingerprint density at radius 3 is 2.82 bits per heavy atom. The molecular formula is C11H14F2N4. The van der Waals surface area contributed by atoms with Gasteiger partial charge in [-0.1, -0.05) is 13.8 Å². The van der Waals surface area contributed by atoms with Gasteiger partial charge in [0.15, 0.2) is 5.82 Å². The Hall–Kier alpha value is -1.72. The standard InChI is InChI=1S/C11H14F2N4/c1-7(2)8-5-9-11(15-6-10(12)13)14-3-4-17(9)16-8/h3-5,7,10H,6H2,1-2H3,(H,14,15). The van der Waals surface area contributed by atoms with Crippen LogP contribution >= 0.6 is 0 Å². The van der Waals surface area contributed by atoms with E-state index in [9.17, 15) is 8.78 Å². The van der Waals surface area contributed by atoms with Crippen molar-refractivity contribution >= 4 is 11.3 Å². The molecule has 0 radical (unpaired) electrons. The van der Waals surface area contributed by atoms with Crippen molar-refractivity contribution in [2.45, 2.75) is 26.2 Å². The number of rotatable bonds is 4. The molecule has 2 aromatic rings. The van der Waals surface area contributed by atoms with E-state index in [1.165, 1.54) is 6.20 Å². The van der Waals surface area contributed by atoms with Crippen LogP contribution in [0.1, 0.15) is 25.5 Å². The van der Waals surface area contributed by atoms with Gasteiger partial charge in [0.1, 0.15) is 5.52 Å². The normalized spacial score (nSPS) is 11.6. The molecule has 4 nitrogen and oxygen atoms in total. The Kier molecular flexibility index (Phi) is 3.21. The lowest BCUT2D eigenvalue weighted by Crippen LogP contribution is -2.12. The molecule has 0 atom stereocenters. The Balaban J connectivity index is 2.35. The van der Waals surface area contributed by atoms with Crippen LogP contribution in [-0.4, -0.2) is 27.6 Å². The average Bonchev–Trinajstić information content (AvgIpc) is 2.70. The second-order valence-electron chi connectivity index (χ2n) is 4.10. The highest BCUT2D eigenvalue weighted by molar-refractivity contribution is 5.67. The van der Waals surface area contributed by atoms with E-state index in [2.05, 4.69) is 15.4 Å². The smallest absolute Gasteiger partial charge is 0.255 e. The number of fused-ring (bicyclic) bond motifs is 1. The zero-order valence-electron chi connectivity index (χ0n) is 9.69. The van der Waals surface area contributed by atoms with Gasteiger partial charge in [-0.15, -0.1) is 0 Å². The maximum Gasteiger partial charge on any atom is 0.255 e. The summed E-state index contributed by atoms with van der Waals surface area (Å²) in [7, 11) is 0. The summed E-state index contributed by atoms with van der Waals surface area (Å²) in [4.78, 5) is 4.05. The quantitative estimate of drug-likeness (QED) is 0.892. The minimum atomic E-state index is -2.40. The number of nitrogens with one attached hydrogen (secondary N) is 1. The predicted octanol–water partition coefficient (Wildman–Crippen LogP) is 2.53. The van der Waals surface area contributed by atoms with Crippen LogP contribution in [0.4, 0.5) is 14.6 Å². The molecule has 17 heavy (non-hydrogen) atoms. The van der Waals surface area contributed by atoms with Gasteiger partial charge in [0, 0.05) is 12.4 Å². The molecule has 0 saturated carbocycles. The van der Waals surface area contributed by atoms with E-state index in [1.807, 2.05) is 19.9 Å². The van der Waals surface area contributed by atoms with Gasteiger partial charge in [-0.25, -0.2) is 18.3 Å². The maximum absolute atomic E-state index is 12.1. The van der Waals surface area contributed by atoms with Crippen molar-refractivity contribution in [3.63, 3.8) is 0 Å². The molecule has 92 valence electrons. The molecule has 0 aliphatic rings. The van der Waals surface area contributed by atoms with Crippen molar-refractivity contribution in [2.75, 3.05) is 11.9 Å². The molecule has 0 aliphatic heterocycles. The van der Waals surface area contributed by atoms with E-state index in [1.54, 1.807) is 10.7 Å². The van der Waals surface area contributed by atoms with Gasteiger partial charge in [-0.2, -0.15) is 5.10 Å². The Morgan fingerprint density at radius 2 is 2.18 bits per heavy atom. The summed E-state index contributed by atoms with van der Waals surface area (Å²) in [5.41, 5.74) is 1.63. The first-order valence-electron chi connectivity index (χ1n) is 5.44. The van der Waals surface area contributed by atoms with Crippen molar-refractivity contribution in [1.29, 1.82) is 0 Å². The number of alkyl halides is 2. The first kappa shape index (κ1) is 11.8. The Bertz CT molecular complexity index is 507. The minimum absolute atomic E-state index is 0.290. The summed E-state index contributed by atoms with van der Waals surface area (Å²) in [6, 6.07) is 1.87. The summed E-state index contributed by atoms with van der Waals surface area (Å²) < 4.78 is 25.9. The van der Waals surface area contributed by atoms with E-state index >= 15 is 0 Å². The molecule has 2 rings (SSSR count). The third-order valence-electron chi connectivity index (χ3n) is 2.42. The highest BCUT2D eigenvalue weighted by atomic mass is 19.3. The zero-order valence-corrected chi connectivity index (χ0v) is 9.69. The summed E-state index contributed by atoms with van der Waals surface area (Å²) in [5, 5.41) is 6.97. The van der Waals surface area contributed by atoms with Crippen LogP contribution in [-0.2, 0) is 0 Å². The Morgan fingerprint density at radius 1 is 1.41 bits per heavy atom. The first-order valence-corrected chi connectivity index (χ1v) is 5.44. The van der Waals surface area contributed by atoms with Crippen molar-refractivity contribution < 1.29 is 8.78 Å². The monoisotopic (exact) mass is 240 g/mol. The first-order chi connectivity index (χ1) is 8.08. The van der Waals surface area contributed by atoms with Gasteiger partial charge in [-0.05, 0) is 12.0 Å². The molecule has 0 unspecified atom stereocenters. The third kappa shape index (κ3) is 2.51. The Labute approximate surface area is 97.7 Å². The van der Waals surface area contributed by atoms with Crippen molar-refractivity contribution in [2.24, 2.45) is 0 Å². The topological polar surface area (TPSA) is 42.2 Å². The van der Waals surface area contributed by atoms with Gasteiger partial charge in [0.05, 0.1) is 12.2 Å². The minimum Gasteiger partial charge on any atom is -0.363 e. The summed E-state index contributed by atoms with van der Waals surface area (Å²) >= 11 is 0. The van der Waals surface area contributed by atoms with Gasteiger partial charge >= 0.3 is 0 Å². The molecule has 2 heterocycles. The van der Waals surface area contributed by atoms with Crippen LogP contribution in [0.15, 0.2) is 18.5 Å². The van der Waals surface area contributed by atoms with E-state index in [4.69, 9.17) is 0 Å². The van der Waals surface area contributed by atoms with Gasteiger partial charge in [-0.3, -0.25) is 0 Å². The average molecular weight is 240 g/mol. The summed E-state index contributed by atoms with van der Waals surface area (Å²) in [6.45, 7) is 3.65. The highest BCUT2D eigenvalue weighted by Gasteiger charge is 2.10. The SMILES string of the molecule is CC(C)c1cc2c(NCC(F)F)nccn2n1. The fourth-order valence-corrected chi connectivity index (χ4v) is 1.53. The van der Waals surface area contributed by atoms with E-state index in [0.29, 0.717) is 5.82 Å². The van der Waals surface area contributed by atoms with Crippen LogP contribution in [0.2, 0.25) is 0 Å².